The standard InChI is InChI=1S/C9H9ClFN/c10-5-2-1-3-8-4-6-12-9(11)7-8/h1,3-4,6-7H,2,5H2. The van der Waals surface area contributed by atoms with Crippen molar-refractivity contribution in [2.75, 3.05) is 5.88 Å². The Kier molecular flexibility index (Phi) is 3.74. The van der Waals surface area contributed by atoms with Crippen LogP contribution in [0.5, 0.6) is 0 Å². The number of rotatable bonds is 3. The van der Waals surface area contributed by atoms with Crippen molar-refractivity contribution in [3.63, 3.8) is 0 Å². The summed E-state index contributed by atoms with van der Waals surface area (Å²) in [4.78, 5) is 3.44. The molecule has 0 saturated heterocycles. The van der Waals surface area contributed by atoms with Crippen LogP contribution < -0.4 is 0 Å². The topological polar surface area (TPSA) is 12.9 Å². The number of aromatic nitrogens is 1. The van der Waals surface area contributed by atoms with Gasteiger partial charge < -0.3 is 0 Å². The monoisotopic (exact) mass is 185 g/mol. The molecule has 1 nitrogen and oxygen atoms in total. The van der Waals surface area contributed by atoms with Crippen LogP contribution in [-0.4, -0.2) is 10.9 Å². The average Bonchev–Trinajstić information content (AvgIpc) is 2.05. The second kappa shape index (κ2) is 4.88. The van der Waals surface area contributed by atoms with Crippen molar-refractivity contribution in [1.82, 2.24) is 4.98 Å². The summed E-state index contributed by atoms with van der Waals surface area (Å²) in [5, 5.41) is 0. The molecule has 1 heterocycles. The molecule has 0 aliphatic carbocycles. The molecule has 0 fully saturated rings. The zero-order chi connectivity index (χ0) is 8.81. The summed E-state index contributed by atoms with van der Waals surface area (Å²) in [7, 11) is 0. The minimum Gasteiger partial charge on any atom is -0.228 e. The Labute approximate surface area is 75.9 Å². The average molecular weight is 186 g/mol. The van der Waals surface area contributed by atoms with Gasteiger partial charge >= 0.3 is 0 Å². The van der Waals surface area contributed by atoms with Gasteiger partial charge in [0.1, 0.15) is 0 Å². The second-order valence-corrected chi connectivity index (χ2v) is 2.67. The minimum atomic E-state index is -0.456. The van der Waals surface area contributed by atoms with Gasteiger partial charge in [-0.05, 0) is 18.1 Å². The lowest BCUT2D eigenvalue weighted by molar-refractivity contribution is 0.583. The molecule has 0 unspecified atom stereocenters. The zero-order valence-electron chi connectivity index (χ0n) is 6.50. The van der Waals surface area contributed by atoms with Crippen LogP contribution in [-0.2, 0) is 0 Å². The fraction of sp³-hybridized carbons (Fsp3) is 0.222. The first-order valence-electron chi connectivity index (χ1n) is 3.67. The molecule has 3 heteroatoms. The molecule has 1 aromatic rings. The number of allylic oxidation sites excluding steroid dienone is 1. The highest BCUT2D eigenvalue weighted by Gasteiger charge is 1.90. The van der Waals surface area contributed by atoms with E-state index in [0.717, 1.165) is 12.0 Å². The van der Waals surface area contributed by atoms with E-state index >= 15 is 0 Å². The molecule has 64 valence electrons. The van der Waals surface area contributed by atoms with E-state index in [1.807, 2.05) is 12.2 Å². The minimum absolute atomic E-state index is 0.456. The van der Waals surface area contributed by atoms with E-state index in [9.17, 15) is 4.39 Å². The highest BCUT2D eigenvalue weighted by molar-refractivity contribution is 6.17. The Morgan fingerprint density at radius 1 is 1.58 bits per heavy atom. The fourth-order valence-corrected chi connectivity index (χ4v) is 0.930. The van der Waals surface area contributed by atoms with Gasteiger partial charge in [0, 0.05) is 18.1 Å². The number of halogens is 2. The molecule has 0 aliphatic rings. The van der Waals surface area contributed by atoms with Crippen LogP contribution in [0, 0.1) is 5.95 Å². The van der Waals surface area contributed by atoms with E-state index < -0.39 is 5.95 Å². The lowest BCUT2D eigenvalue weighted by atomic mass is 10.2. The maximum atomic E-state index is 12.5. The Hall–Kier alpha value is -0.890. The third kappa shape index (κ3) is 3.01. The predicted octanol–water partition coefficient (Wildman–Crippen LogP) is 2.86. The van der Waals surface area contributed by atoms with Crippen LogP contribution in [0.2, 0.25) is 0 Å². The third-order valence-electron chi connectivity index (χ3n) is 1.34. The Bertz CT molecular complexity index is 273. The lowest BCUT2D eigenvalue weighted by Crippen LogP contribution is -1.81. The molecule has 0 saturated carbocycles. The van der Waals surface area contributed by atoms with Gasteiger partial charge in [-0.25, -0.2) is 4.98 Å². The van der Waals surface area contributed by atoms with Gasteiger partial charge in [-0.1, -0.05) is 12.2 Å². The highest BCUT2D eigenvalue weighted by atomic mass is 35.5. The quantitative estimate of drug-likeness (QED) is 0.521. The summed E-state index contributed by atoms with van der Waals surface area (Å²) >= 11 is 5.46. The van der Waals surface area contributed by atoms with Crippen LogP contribution in [0.3, 0.4) is 0 Å². The van der Waals surface area contributed by atoms with E-state index in [1.165, 1.54) is 12.3 Å². The number of hydrogen-bond acceptors (Lipinski definition) is 1. The maximum Gasteiger partial charge on any atom is 0.213 e. The molecule has 0 spiro atoms. The molecule has 0 aromatic carbocycles. The van der Waals surface area contributed by atoms with Crippen LogP contribution in [0.1, 0.15) is 12.0 Å². The first-order valence-corrected chi connectivity index (χ1v) is 4.20. The smallest absolute Gasteiger partial charge is 0.213 e. The third-order valence-corrected chi connectivity index (χ3v) is 1.55. The van der Waals surface area contributed by atoms with Gasteiger partial charge in [0.15, 0.2) is 0 Å². The summed E-state index contributed by atoms with van der Waals surface area (Å²) in [5.74, 6) is 0.132. The van der Waals surface area contributed by atoms with Gasteiger partial charge in [0.25, 0.3) is 0 Å². The molecule has 12 heavy (non-hydrogen) atoms. The Morgan fingerprint density at radius 3 is 3.08 bits per heavy atom. The van der Waals surface area contributed by atoms with Crippen molar-refractivity contribution in [2.45, 2.75) is 6.42 Å². The number of hydrogen-bond donors (Lipinski definition) is 0. The van der Waals surface area contributed by atoms with Crippen molar-refractivity contribution >= 4 is 17.7 Å². The van der Waals surface area contributed by atoms with Gasteiger partial charge in [0.2, 0.25) is 5.95 Å². The summed E-state index contributed by atoms with van der Waals surface area (Å²) in [6.45, 7) is 0. The van der Waals surface area contributed by atoms with E-state index in [2.05, 4.69) is 4.98 Å². The van der Waals surface area contributed by atoms with Crippen LogP contribution in [0.4, 0.5) is 4.39 Å². The summed E-state index contributed by atoms with van der Waals surface area (Å²) < 4.78 is 12.5. The van der Waals surface area contributed by atoms with Gasteiger partial charge in [-0.2, -0.15) is 4.39 Å². The molecule has 0 radical (unpaired) electrons. The molecule has 1 aromatic heterocycles. The van der Waals surface area contributed by atoms with Crippen LogP contribution in [0.25, 0.3) is 6.08 Å². The molecule has 1 rings (SSSR count). The molecule has 0 atom stereocenters. The van der Waals surface area contributed by atoms with Crippen molar-refractivity contribution in [3.05, 3.63) is 35.9 Å². The van der Waals surface area contributed by atoms with Crippen molar-refractivity contribution in [2.24, 2.45) is 0 Å². The first-order chi connectivity index (χ1) is 5.83. The number of nitrogens with zero attached hydrogens (tertiary/aromatic N) is 1. The number of pyridine rings is 1. The summed E-state index contributed by atoms with van der Waals surface area (Å²) in [6.07, 6.45) is 5.97. The van der Waals surface area contributed by atoms with E-state index in [1.54, 1.807) is 6.07 Å². The molecule has 0 aliphatic heterocycles. The first kappa shape index (κ1) is 9.20. The SMILES string of the molecule is Fc1cc(C=CCCCl)ccn1. The van der Waals surface area contributed by atoms with Gasteiger partial charge in [-0.3, -0.25) is 0 Å². The molecular formula is C9H9ClFN. The highest BCUT2D eigenvalue weighted by Crippen LogP contribution is 2.03. The summed E-state index contributed by atoms with van der Waals surface area (Å²) in [5.41, 5.74) is 0.813. The Balaban J connectivity index is 2.63. The van der Waals surface area contributed by atoms with Gasteiger partial charge in [0.05, 0.1) is 0 Å². The van der Waals surface area contributed by atoms with Crippen LogP contribution >= 0.6 is 11.6 Å². The number of alkyl halides is 1. The van der Waals surface area contributed by atoms with Crippen molar-refractivity contribution < 1.29 is 4.39 Å². The Morgan fingerprint density at radius 2 is 2.42 bits per heavy atom. The van der Waals surface area contributed by atoms with E-state index in [-0.39, 0.29) is 0 Å². The lowest BCUT2D eigenvalue weighted by Gasteiger charge is -1.91. The largest absolute Gasteiger partial charge is 0.228 e. The maximum absolute atomic E-state index is 12.5. The van der Waals surface area contributed by atoms with Crippen LogP contribution in [0.15, 0.2) is 24.4 Å². The summed E-state index contributed by atoms with van der Waals surface area (Å²) in [6, 6.07) is 3.12. The predicted molar refractivity (Wildman–Crippen MR) is 48.6 cm³/mol. The van der Waals surface area contributed by atoms with E-state index in [4.69, 9.17) is 11.6 Å². The zero-order valence-corrected chi connectivity index (χ0v) is 7.26. The van der Waals surface area contributed by atoms with Gasteiger partial charge in [-0.15, -0.1) is 11.6 Å². The molecule has 0 amide bonds. The fourth-order valence-electron chi connectivity index (χ4n) is 0.804. The molecule has 0 N–H and O–H groups in total. The van der Waals surface area contributed by atoms with Crippen molar-refractivity contribution in [3.8, 4) is 0 Å². The van der Waals surface area contributed by atoms with Crippen molar-refractivity contribution in [1.29, 1.82) is 0 Å². The molecule has 0 bridgehead atoms. The van der Waals surface area contributed by atoms with E-state index in [0.29, 0.717) is 5.88 Å². The molecular weight excluding hydrogens is 177 g/mol. The normalized spacial score (nSPS) is 10.8. The second-order valence-electron chi connectivity index (χ2n) is 2.29.